The van der Waals surface area contributed by atoms with Gasteiger partial charge in [-0.1, -0.05) is 37.1 Å². The molecule has 2 aromatic carbocycles. The van der Waals surface area contributed by atoms with Gasteiger partial charge in [0.25, 0.3) is 0 Å². The Hall–Kier alpha value is -2.49. The van der Waals surface area contributed by atoms with Gasteiger partial charge >= 0.3 is 0 Å². The molecule has 0 radical (unpaired) electrons. The van der Waals surface area contributed by atoms with Gasteiger partial charge in [-0.05, 0) is 44.0 Å². The van der Waals surface area contributed by atoms with Gasteiger partial charge in [0.1, 0.15) is 5.75 Å². The molecule has 0 spiro atoms. The quantitative estimate of drug-likeness (QED) is 0.701. The van der Waals surface area contributed by atoms with Gasteiger partial charge < -0.3 is 15.4 Å². The Balaban J connectivity index is 1.86. The summed E-state index contributed by atoms with van der Waals surface area (Å²) >= 11 is 0. The average molecular weight is 326 g/mol. The Morgan fingerprint density at radius 3 is 2.71 bits per heavy atom. The van der Waals surface area contributed by atoms with Crippen molar-refractivity contribution in [2.45, 2.75) is 33.6 Å². The van der Waals surface area contributed by atoms with E-state index >= 15 is 0 Å². The topological polar surface area (TPSA) is 50.4 Å². The van der Waals surface area contributed by atoms with Crippen LogP contribution in [0, 0.1) is 13.8 Å². The van der Waals surface area contributed by atoms with Crippen molar-refractivity contribution < 1.29 is 9.53 Å². The van der Waals surface area contributed by atoms with E-state index in [1.54, 1.807) is 0 Å². The largest absolute Gasteiger partial charge is 0.494 e. The van der Waals surface area contributed by atoms with E-state index in [0.29, 0.717) is 6.61 Å². The molecule has 1 amide bonds. The predicted octanol–water partition coefficient (Wildman–Crippen LogP) is 4.53. The minimum Gasteiger partial charge on any atom is -0.494 e. The molecular weight excluding hydrogens is 300 g/mol. The van der Waals surface area contributed by atoms with E-state index in [4.69, 9.17) is 4.74 Å². The highest BCUT2D eigenvalue weighted by molar-refractivity contribution is 5.94. The van der Waals surface area contributed by atoms with Crippen molar-refractivity contribution in [2.24, 2.45) is 0 Å². The fourth-order valence-electron chi connectivity index (χ4n) is 2.39. The minimum atomic E-state index is -0.0827. The molecule has 0 unspecified atom stereocenters. The average Bonchev–Trinajstić information content (AvgIpc) is 2.55. The molecule has 0 heterocycles. The minimum absolute atomic E-state index is 0.0827. The third kappa shape index (κ3) is 5.61. The molecule has 0 aliphatic heterocycles. The Bertz CT molecular complexity index is 683. The first-order valence-corrected chi connectivity index (χ1v) is 8.42. The maximum absolute atomic E-state index is 12.1. The summed E-state index contributed by atoms with van der Waals surface area (Å²) in [6.45, 7) is 7.14. The van der Waals surface area contributed by atoms with Crippen LogP contribution in [0.3, 0.4) is 0 Å². The van der Waals surface area contributed by atoms with Crippen LogP contribution in [0.1, 0.15) is 30.9 Å². The van der Waals surface area contributed by atoms with Crippen molar-refractivity contribution in [3.63, 3.8) is 0 Å². The number of aryl methyl sites for hydroxylation is 2. The van der Waals surface area contributed by atoms with Crippen molar-refractivity contribution in [3.05, 3.63) is 53.6 Å². The van der Waals surface area contributed by atoms with Gasteiger partial charge in [0.05, 0.1) is 13.2 Å². The molecule has 0 aromatic heterocycles. The molecule has 24 heavy (non-hydrogen) atoms. The van der Waals surface area contributed by atoms with Gasteiger partial charge in [0, 0.05) is 17.4 Å². The number of benzene rings is 2. The van der Waals surface area contributed by atoms with Gasteiger partial charge in [-0.3, -0.25) is 4.79 Å². The lowest BCUT2D eigenvalue weighted by atomic mass is 10.1. The van der Waals surface area contributed by atoms with Crippen LogP contribution in [-0.4, -0.2) is 19.1 Å². The Morgan fingerprint density at radius 2 is 1.96 bits per heavy atom. The van der Waals surface area contributed by atoms with E-state index in [1.807, 2.05) is 43.3 Å². The first-order chi connectivity index (χ1) is 11.6. The zero-order valence-electron chi connectivity index (χ0n) is 14.7. The van der Waals surface area contributed by atoms with Crippen LogP contribution < -0.4 is 15.4 Å². The van der Waals surface area contributed by atoms with Crippen LogP contribution in [0.25, 0.3) is 0 Å². The van der Waals surface area contributed by atoms with E-state index < -0.39 is 0 Å². The number of ether oxygens (including phenoxy) is 1. The van der Waals surface area contributed by atoms with Crippen LogP contribution >= 0.6 is 0 Å². The van der Waals surface area contributed by atoms with Crippen LogP contribution in [0.4, 0.5) is 11.4 Å². The molecule has 4 heteroatoms. The Kier molecular flexibility index (Phi) is 6.67. The van der Waals surface area contributed by atoms with Crippen LogP contribution in [-0.2, 0) is 4.79 Å². The standard InChI is InChI=1S/C20H26N2O2/c1-4-5-11-24-18-8-6-7-17(13-18)22-20(23)14-21-19-10-9-15(2)12-16(19)3/h6-10,12-13,21H,4-5,11,14H2,1-3H3,(H,22,23). The molecular formula is C20H26N2O2. The molecule has 2 rings (SSSR count). The first kappa shape index (κ1) is 17.9. The van der Waals surface area contributed by atoms with E-state index in [9.17, 15) is 4.79 Å². The second-order valence-electron chi connectivity index (χ2n) is 5.95. The fraction of sp³-hybridized carbons (Fsp3) is 0.350. The summed E-state index contributed by atoms with van der Waals surface area (Å²) in [4.78, 5) is 12.1. The number of rotatable bonds is 8. The third-order valence-corrected chi connectivity index (χ3v) is 3.71. The normalized spacial score (nSPS) is 10.3. The smallest absolute Gasteiger partial charge is 0.243 e. The third-order valence-electron chi connectivity index (χ3n) is 3.71. The molecule has 4 nitrogen and oxygen atoms in total. The first-order valence-electron chi connectivity index (χ1n) is 8.42. The zero-order chi connectivity index (χ0) is 17.4. The van der Waals surface area contributed by atoms with E-state index in [2.05, 4.69) is 30.5 Å². The summed E-state index contributed by atoms with van der Waals surface area (Å²) in [6, 6.07) is 13.6. The number of hydrogen-bond acceptors (Lipinski definition) is 3. The maximum atomic E-state index is 12.1. The highest BCUT2D eigenvalue weighted by atomic mass is 16.5. The second kappa shape index (κ2) is 8.96. The van der Waals surface area contributed by atoms with Crippen molar-refractivity contribution in [3.8, 4) is 5.75 Å². The summed E-state index contributed by atoms with van der Waals surface area (Å²) in [5.41, 5.74) is 4.07. The molecule has 0 aliphatic rings. The number of nitrogens with one attached hydrogen (secondary N) is 2. The molecule has 2 N–H and O–H groups in total. The van der Waals surface area contributed by atoms with E-state index in [1.165, 1.54) is 5.56 Å². The lowest BCUT2D eigenvalue weighted by Crippen LogP contribution is -2.22. The molecule has 128 valence electrons. The van der Waals surface area contributed by atoms with Crippen LogP contribution in [0.2, 0.25) is 0 Å². The van der Waals surface area contributed by atoms with Gasteiger partial charge in [-0.25, -0.2) is 0 Å². The van der Waals surface area contributed by atoms with Crippen LogP contribution in [0.15, 0.2) is 42.5 Å². The Morgan fingerprint density at radius 1 is 1.12 bits per heavy atom. The van der Waals surface area contributed by atoms with Gasteiger partial charge in [0.15, 0.2) is 0 Å². The second-order valence-corrected chi connectivity index (χ2v) is 5.95. The summed E-state index contributed by atoms with van der Waals surface area (Å²) in [5, 5.41) is 6.07. The van der Waals surface area contributed by atoms with Crippen molar-refractivity contribution in [1.29, 1.82) is 0 Å². The number of carbonyl (C=O) groups excluding carboxylic acids is 1. The summed E-state index contributed by atoms with van der Waals surface area (Å²) < 4.78 is 5.66. The SMILES string of the molecule is CCCCOc1cccc(NC(=O)CNc2ccc(C)cc2C)c1. The molecule has 0 saturated heterocycles. The molecule has 0 atom stereocenters. The fourth-order valence-corrected chi connectivity index (χ4v) is 2.39. The number of carbonyl (C=O) groups is 1. The highest BCUT2D eigenvalue weighted by Gasteiger charge is 2.05. The van der Waals surface area contributed by atoms with Crippen molar-refractivity contribution in [1.82, 2.24) is 0 Å². The molecule has 0 saturated carbocycles. The lowest BCUT2D eigenvalue weighted by molar-refractivity contribution is -0.114. The number of unbranched alkanes of at least 4 members (excludes halogenated alkanes) is 1. The zero-order valence-corrected chi connectivity index (χ0v) is 14.7. The van der Waals surface area contributed by atoms with Crippen molar-refractivity contribution >= 4 is 17.3 Å². The van der Waals surface area contributed by atoms with Crippen LogP contribution in [0.5, 0.6) is 5.75 Å². The maximum Gasteiger partial charge on any atom is 0.243 e. The van der Waals surface area contributed by atoms with E-state index in [-0.39, 0.29) is 12.5 Å². The van der Waals surface area contributed by atoms with Gasteiger partial charge in [0.2, 0.25) is 5.91 Å². The molecule has 0 bridgehead atoms. The van der Waals surface area contributed by atoms with Crippen molar-refractivity contribution in [2.75, 3.05) is 23.8 Å². The van der Waals surface area contributed by atoms with Gasteiger partial charge in [-0.2, -0.15) is 0 Å². The lowest BCUT2D eigenvalue weighted by Gasteiger charge is -2.11. The predicted molar refractivity (Wildman–Crippen MR) is 99.9 cm³/mol. The monoisotopic (exact) mass is 326 g/mol. The molecule has 2 aromatic rings. The van der Waals surface area contributed by atoms with Gasteiger partial charge in [-0.15, -0.1) is 0 Å². The number of hydrogen-bond donors (Lipinski definition) is 2. The van der Waals surface area contributed by atoms with E-state index in [0.717, 1.165) is 35.5 Å². The summed E-state index contributed by atoms with van der Waals surface area (Å²) in [5.74, 6) is 0.698. The molecule has 0 aliphatic carbocycles. The Labute approximate surface area is 144 Å². The molecule has 0 fully saturated rings. The number of amides is 1. The number of anilines is 2. The highest BCUT2D eigenvalue weighted by Crippen LogP contribution is 2.18. The summed E-state index contributed by atoms with van der Waals surface area (Å²) in [7, 11) is 0. The summed E-state index contributed by atoms with van der Waals surface area (Å²) in [6.07, 6.45) is 2.12.